The van der Waals surface area contributed by atoms with Crippen molar-refractivity contribution < 1.29 is 18.3 Å². The molecule has 1 amide bonds. The Bertz CT molecular complexity index is 908. The zero-order chi connectivity index (χ0) is 19.9. The minimum absolute atomic E-state index is 0.0963. The summed E-state index contributed by atoms with van der Waals surface area (Å²) in [7, 11) is 1.72. The largest absolute Gasteiger partial charge is 0.484 e. The Kier molecular flexibility index (Phi) is 6.37. The van der Waals surface area contributed by atoms with Crippen LogP contribution in [0, 0.1) is 11.6 Å². The van der Waals surface area contributed by atoms with E-state index in [0.29, 0.717) is 12.3 Å². The molecule has 0 aliphatic carbocycles. The third-order valence-corrected chi connectivity index (χ3v) is 4.31. The van der Waals surface area contributed by atoms with Crippen LogP contribution in [0.2, 0.25) is 0 Å². The molecule has 1 N–H and O–H groups in total. The van der Waals surface area contributed by atoms with Gasteiger partial charge < -0.3 is 9.64 Å². The minimum atomic E-state index is -0.350. The van der Waals surface area contributed by atoms with Crippen LogP contribution in [0.3, 0.4) is 0 Å². The molecule has 0 saturated carbocycles. The van der Waals surface area contributed by atoms with Crippen LogP contribution < -0.4 is 4.74 Å². The average Bonchev–Trinajstić information content (AvgIpc) is 3.16. The lowest BCUT2D eigenvalue weighted by molar-refractivity contribution is -0.132. The van der Waals surface area contributed by atoms with Gasteiger partial charge in [0.25, 0.3) is 5.91 Å². The molecule has 0 spiro atoms. The lowest BCUT2D eigenvalue weighted by Crippen LogP contribution is -2.32. The molecule has 0 unspecified atom stereocenters. The first kappa shape index (κ1) is 19.5. The molecule has 146 valence electrons. The second-order valence-corrected chi connectivity index (χ2v) is 6.45. The van der Waals surface area contributed by atoms with Crippen molar-refractivity contribution >= 4 is 5.91 Å². The summed E-state index contributed by atoms with van der Waals surface area (Å²) in [6, 6.07) is 13.6. The van der Waals surface area contributed by atoms with E-state index in [9.17, 15) is 13.6 Å². The molecule has 3 aromatic rings. The number of nitrogens with zero attached hydrogens (tertiary/aromatic N) is 2. The number of aromatic amines is 1. The van der Waals surface area contributed by atoms with E-state index in [-0.39, 0.29) is 24.1 Å². The van der Waals surface area contributed by atoms with Crippen molar-refractivity contribution in [2.75, 3.05) is 20.2 Å². The van der Waals surface area contributed by atoms with Crippen molar-refractivity contribution in [2.24, 2.45) is 0 Å². The molecule has 0 atom stereocenters. The van der Waals surface area contributed by atoms with Crippen LogP contribution in [0.1, 0.15) is 12.1 Å². The molecule has 0 radical (unpaired) electrons. The van der Waals surface area contributed by atoms with Crippen molar-refractivity contribution in [1.82, 2.24) is 15.1 Å². The number of aryl methyl sites for hydroxylation is 1. The first-order valence-electron chi connectivity index (χ1n) is 8.94. The highest BCUT2D eigenvalue weighted by atomic mass is 19.1. The van der Waals surface area contributed by atoms with Crippen molar-refractivity contribution in [1.29, 1.82) is 0 Å². The summed E-state index contributed by atoms with van der Waals surface area (Å²) < 4.78 is 31.2. The van der Waals surface area contributed by atoms with Crippen LogP contribution in [0.4, 0.5) is 8.78 Å². The average molecular weight is 385 g/mol. The second-order valence-electron chi connectivity index (χ2n) is 6.45. The van der Waals surface area contributed by atoms with Crippen molar-refractivity contribution in [2.45, 2.75) is 12.8 Å². The number of likely N-dealkylation sites (N-methyl/N-ethyl adjacent to an activating group) is 1. The van der Waals surface area contributed by atoms with E-state index in [1.165, 1.54) is 36.4 Å². The summed E-state index contributed by atoms with van der Waals surface area (Å²) in [5.41, 5.74) is 2.55. The Labute approximate surface area is 161 Å². The Morgan fingerprint density at radius 2 is 1.71 bits per heavy atom. The quantitative estimate of drug-likeness (QED) is 0.641. The van der Waals surface area contributed by atoms with Gasteiger partial charge in [0.05, 0.1) is 5.69 Å². The van der Waals surface area contributed by atoms with Crippen LogP contribution in [0.5, 0.6) is 5.75 Å². The van der Waals surface area contributed by atoms with Gasteiger partial charge in [0.15, 0.2) is 6.61 Å². The SMILES string of the molecule is CN(CCCc1cc(-c2ccc(F)cc2)n[nH]1)C(=O)COc1ccc(F)cc1. The van der Waals surface area contributed by atoms with E-state index in [0.717, 1.165) is 29.8 Å². The number of rotatable bonds is 8. The van der Waals surface area contributed by atoms with Crippen LogP contribution in [0.15, 0.2) is 54.6 Å². The molecule has 3 rings (SSSR count). The van der Waals surface area contributed by atoms with Crippen LogP contribution in [-0.2, 0) is 11.2 Å². The minimum Gasteiger partial charge on any atom is -0.484 e. The molecule has 7 heteroatoms. The van der Waals surface area contributed by atoms with Gasteiger partial charge in [0.2, 0.25) is 0 Å². The van der Waals surface area contributed by atoms with Crippen molar-refractivity contribution in [3.63, 3.8) is 0 Å². The lowest BCUT2D eigenvalue weighted by atomic mass is 10.1. The fraction of sp³-hybridized carbons (Fsp3) is 0.238. The number of amides is 1. The fourth-order valence-electron chi connectivity index (χ4n) is 2.68. The smallest absolute Gasteiger partial charge is 0.260 e. The number of H-pyrrole nitrogens is 1. The molecular weight excluding hydrogens is 364 g/mol. The molecule has 1 heterocycles. The molecule has 0 saturated heterocycles. The zero-order valence-corrected chi connectivity index (χ0v) is 15.5. The van der Waals surface area contributed by atoms with Gasteiger partial charge in [-0.15, -0.1) is 0 Å². The number of aromatic nitrogens is 2. The molecule has 5 nitrogen and oxygen atoms in total. The summed E-state index contributed by atoms with van der Waals surface area (Å²) in [5, 5.41) is 7.21. The molecule has 0 bridgehead atoms. The number of hydrogen-bond acceptors (Lipinski definition) is 3. The highest BCUT2D eigenvalue weighted by molar-refractivity contribution is 5.77. The van der Waals surface area contributed by atoms with E-state index in [1.807, 2.05) is 6.07 Å². The summed E-state index contributed by atoms with van der Waals surface area (Å²) >= 11 is 0. The normalized spacial score (nSPS) is 10.7. The van der Waals surface area contributed by atoms with Gasteiger partial charge in [-0.05, 0) is 67.4 Å². The monoisotopic (exact) mass is 385 g/mol. The summed E-state index contributed by atoms with van der Waals surface area (Å²) in [5.74, 6) is -0.331. The standard InChI is InChI=1S/C21H21F2N3O2/c1-26(21(27)14-28-19-10-8-17(23)9-11-19)12-2-3-18-13-20(25-24-18)15-4-6-16(22)7-5-15/h4-11,13H,2-3,12,14H2,1H3,(H,24,25). The number of halogens is 2. The van der Waals surface area contributed by atoms with Gasteiger partial charge in [-0.1, -0.05) is 0 Å². The van der Waals surface area contributed by atoms with Crippen LogP contribution in [-0.4, -0.2) is 41.2 Å². The number of carbonyl (C=O) groups excluding carboxylic acids is 1. The third kappa shape index (κ3) is 5.39. The third-order valence-electron chi connectivity index (χ3n) is 4.31. The van der Waals surface area contributed by atoms with Gasteiger partial charge in [-0.25, -0.2) is 8.78 Å². The summed E-state index contributed by atoms with van der Waals surface area (Å²) in [4.78, 5) is 13.7. The Hall–Kier alpha value is -3.22. The van der Waals surface area contributed by atoms with E-state index in [4.69, 9.17) is 4.74 Å². The maximum absolute atomic E-state index is 13.0. The highest BCUT2D eigenvalue weighted by Crippen LogP contribution is 2.18. The first-order valence-corrected chi connectivity index (χ1v) is 8.94. The predicted octanol–water partition coefficient (Wildman–Crippen LogP) is 3.82. The summed E-state index contributed by atoms with van der Waals surface area (Å²) in [6.07, 6.45) is 1.48. The lowest BCUT2D eigenvalue weighted by Gasteiger charge is -2.17. The number of benzene rings is 2. The van der Waals surface area contributed by atoms with Crippen LogP contribution >= 0.6 is 0 Å². The topological polar surface area (TPSA) is 58.2 Å². The van der Waals surface area contributed by atoms with E-state index in [1.54, 1.807) is 24.1 Å². The van der Waals surface area contributed by atoms with Gasteiger partial charge in [-0.2, -0.15) is 5.10 Å². The number of hydrogen-bond donors (Lipinski definition) is 1. The van der Waals surface area contributed by atoms with E-state index in [2.05, 4.69) is 10.2 Å². The number of ether oxygens (including phenoxy) is 1. The molecule has 1 aromatic heterocycles. The summed E-state index contributed by atoms with van der Waals surface area (Å²) in [6.45, 7) is 0.470. The molecule has 0 fully saturated rings. The Morgan fingerprint density at radius 3 is 2.39 bits per heavy atom. The predicted molar refractivity (Wildman–Crippen MR) is 102 cm³/mol. The van der Waals surface area contributed by atoms with E-state index < -0.39 is 0 Å². The molecular formula is C21H21F2N3O2. The molecule has 0 aliphatic heterocycles. The number of carbonyl (C=O) groups is 1. The molecule has 0 aliphatic rings. The molecule has 28 heavy (non-hydrogen) atoms. The van der Waals surface area contributed by atoms with Gasteiger partial charge >= 0.3 is 0 Å². The van der Waals surface area contributed by atoms with Gasteiger partial charge in [0.1, 0.15) is 17.4 Å². The highest BCUT2D eigenvalue weighted by Gasteiger charge is 2.10. The van der Waals surface area contributed by atoms with Crippen LogP contribution in [0.25, 0.3) is 11.3 Å². The fourth-order valence-corrected chi connectivity index (χ4v) is 2.68. The van der Waals surface area contributed by atoms with E-state index >= 15 is 0 Å². The van der Waals surface area contributed by atoms with Gasteiger partial charge in [-0.3, -0.25) is 9.89 Å². The van der Waals surface area contributed by atoms with Crippen molar-refractivity contribution in [3.8, 4) is 17.0 Å². The Morgan fingerprint density at radius 1 is 1.07 bits per heavy atom. The zero-order valence-electron chi connectivity index (χ0n) is 15.5. The van der Waals surface area contributed by atoms with Crippen molar-refractivity contribution in [3.05, 3.63) is 71.9 Å². The Balaban J connectivity index is 1.42. The number of nitrogens with one attached hydrogen (secondary N) is 1. The second kappa shape index (κ2) is 9.12. The van der Waals surface area contributed by atoms with Gasteiger partial charge in [0, 0.05) is 24.8 Å². The maximum atomic E-state index is 13.0. The maximum Gasteiger partial charge on any atom is 0.260 e. The molecule has 2 aromatic carbocycles. The first-order chi connectivity index (χ1) is 13.5.